The highest BCUT2D eigenvalue weighted by Crippen LogP contribution is 2.61. The minimum absolute atomic E-state index is 0.219. The van der Waals surface area contributed by atoms with Gasteiger partial charge in [0.1, 0.15) is 0 Å². The Morgan fingerprint density at radius 1 is 1.29 bits per heavy atom. The number of nitrogens with two attached hydrogens (primary N) is 1. The minimum Gasteiger partial charge on any atom is -0.375 e. The number of rotatable bonds is 7. The van der Waals surface area contributed by atoms with Gasteiger partial charge in [-0.1, -0.05) is 51.0 Å². The van der Waals surface area contributed by atoms with E-state index in [0.717, 1.165) is 24.5 Å². The van der Waals surface area contributed by atoms with Gasteiger partial charge in [0, 0.05) is 5.71 Å². The summed E-state index contributed by atoms with van der Waals surface area (Å²) in [5.41, 5.74) is 13.0. The maximum Gasteiger partial charge on any atom is 0.184 e. The van der Waals surface area contributed by atoms with E-state index in [1.807, 2.05) is 6.92 Å². The van der Waals surface area contributed by atoms with Gasteiger partial charge in [-0.2, -0.15) is 5.10 Å². The summed E-state index contributed by atoms with van der Waals surface area (Å²) in [7, 11) is 0. The molecule has 4 heteroatoms. The van der Waals surface area contributed by atoms with E-state index in [1.165, 1.54) is 56.1 Å². The van der Waals surface area contributed by atoms with Crippen molar-refractivity contribution in [3.63, 3.8) is 0 Å². The number of fused-ring (bicyclic) bond motifs is 1. The summed E-state index contributed by atoms with van der Waals surface area (Å²) in [6.07, 6.45) is 13.4. The molecule has 0 radical (unpaired) electrons. The summed E-state index contributed by atoms with van der Waals surface area (Å²) >= 11 is 4.78. The van der Waals surface area contributed by atoms with Crippen molar-refractivity contribution in [2.45, 2.75) is 92.4 Å². The molecule has 3 nitrogen and oxygen atoms in total. The molecule has 2 aliphatic rings. The maximum absolute atomic E-state index is 5.41. The summed E-state index contributed by atoms with van der Waals surface area (Å²) in [4.78, 5) is 0. The molecule has 3 atom stereocenters. The normalized spacial score (nSPS) is 30.7. The number of hydrazone groups is 1. The standard InChI is InChI=1S/C24H41N3S/c1-17(9-7-10-19(3)26-27-22(25)28)11-13-20-18(2)12-14-21-23(4,5)15-8-16-24(20,21)6/h9,20-21H,2,7-8,10-16H2,1,3-6H3,(H3,25,27,28)/t20?,21?,24-/m1/s1. The third-order valence-corrected chi connectivity index (χ3v) is 7.59. The quantitative estimate of drug-likeness (QED) is 0.221. The van der Waals surface area contributed by atoms with Crippen LogP contribution in [0.25, 0.3) is 0 Å². The second-order valence-electron chi connectivity index (χ2n) is 10.1. The van der Waals surface area contributed by atoms with Gasteiger partial charge < -0.3 is 5.73 Å². The number of hydrogen-bond donors (Lipinski definition) is 2. The first kappa shape index (κ1) is 23.1. The van der Waals surface area contributed by atoms with Crippen molar-refractivity contribution >= 4 is 23.0 Å². The Labute approximate surface area is 178 Å². The van der Waals surface area contributed by atoms with Crippen molar-refractivity contribution < 1.29 is 0 Å². The Balaban J connectivity index is 1.93. The van der Waals surface area contributed by atoms with Gasteiger partial charge in [-0.15, -0.1) is 0 Å². The van der Waals surface area contributed by atoms with Crippen LogP contribution >= 0.6 is 12.2 Å². The largest absolute Gasteiger partial charge is 0.375 e. The zero-order valence-corrected chi connectivity index (χ0v) is 19.6. The fourth-order valence-corrected chi connectivity index (χ4v) is 6.06. The van der Waals surface area contributed by atoms with Crippen molar-refractivity contribution in [2.24, 2.45) is 33.5 Å². The van der Waals surface area contributed by atoms with Crippen LogP contribution in [-0.2, 0) is 0 Å². The molecule has 2 aliphatic carbocycles. The fourth-order valence-electron chi connectivity index (χ4n) is 6.02. The van der Waals surface area contributed by atoms with Gasteiger partial charge in [-0.05, 0) is 100 Å². The third kappa shape index (κ3) is 5.68. The number of nitrogens with one attached hydrogen (secondary N) is 1. The Bertz CT molecular complexity index is 646. The summed E-state index contributed by atoms with van der Waals surface area (Å²) in [5, 5.41) is 4.40. The van der Waals surface area contributed by atoms with E-state index in [1.54, 1.807) is 0 Å². The van der Waals surface area contributed by atoms with Crippen LogP contribution < -0.4 is 11.2 Å². The number of nitrogens with zero attached hydrogens (tertiary/aromatic N) is 1. The van der Waals surface area contributed by atoms with Crippen LogP contribution in [0.2, 0.25) is 0 Å². The average Bonchev–Trinajstić information content (AvgIpc) is 2.58. The van der Waals surface area contributed by atoms with Crippen LogP contribution in [0.3, 0.4) is 0 Å². The van der Waals surface area contributed by atoms with Crippen molar-refractivity contribution in [3.8, 4) is 0 Å². The SMILES string of the molecule is C=C1CCC2C(C)(C)CCC[C@]2(C)C1CCC(C)=CCCC(C)=NNC(N)=S. The Hall–Kier alpha value is -1.16. The van der Waals surface area contributed by atoms with Gasteiger partial charge in [0.25, 0.3) is 0 Å². The van der Waals surface area contributed by atoms with Crippen LogP contribution in [0.15, 0.2) is 28.9 Å². The topological polar surface area (TPSA) is 50.4 Å². The van der Waals surface area contributed by atoms with E-state index in [-0.39, 0.29) is 5.11 Å². The molecule has 0 amide bonds. The highest BCUT2D eigenvalue weighted by molar-refractivity contribution is 7.80. The maximum atomic E-state index is 5.41. The van der Waals surface area contributed by atoms with Crippen LogP contribution in [-0.4, -0.2) is 10.8 Å². The Morgan fingerprint density at radius 3 is 2.68 bits per heavy atom. The first-order chi connectivity index (χ1) is 13.1. The van der Waals surface area contributed by atoms with E-state index in [4.69, 9.17) is 18.0 Å². The van der Waals surface area contributed by atoms with E-state index < -0.39 is 0 Å². The lowest BCUT2D eigenvalue weighted by Gasteiger charge is -2.58. The van der Waals surface area contributed by atoms with Gasteiger partial charge in [0.2, 0.25) is 0 Å². The third-order valence-electron chi connectivity index (χ3n) is 7.50. The molecular formula is C24H41N3S. The van der Waals surface area contributed by atoms with Gasteiger partial charge >= 0.3 is 0 Å². The molecule has 28 heavy (non-hydrogen) atoms. The molecule has 0 bridgehead atoms. The zero-order valence-electron chi connectivity index (χ0n) is 18.7. The number of thiocarbonyl (C=S) groups is 1. The van der Waals surface area contributed by atoms with Gasteiger partial charge in [-0.25, -0.2) is 0 Å². The van der Waals surface area contributed by atoms with Gasteiger partial charge in [0.05, 0.1) is 0 Å². The van der Waals surface area contributed by atoms with E-state index in [2.05, 4.69) is 50.9 Å². The van der Waals surface area contributed by atoms with Crippen molar-refractivity contribution in [1.29, 1.82) is 0 Å². The second-order valence-corrected chi connectivity index (χ2v) is 10.5. The summed E-state index contributed by atoms with van der Waals surface area (Å²) in [6.45, 7) is 16.4. The molecule has 2 unspecified atom stereocenters. The van der Waals surface area contributed by atoms with Crippen LogP contribution in [0.5, 0.6) is 0 Å². The van der Waals surface area contributed by atoms with Crippen molar-refractivity contribution in [2.75, 3.05) is 0 Å². The van der Waals surface area contributed by atoms with Crippen LogP contribution in [0, 0.1) is 22.7 Å². The predicted octanol–water partition coefficient (Wildman–Crippen LogP) is 6.50. The average molecular weight is 404 g/mol. The van der Waals surface area contributed by atoms with Gasteiger partial charge in [-0.3, -0.25) is 5.43 Å². The number of allylic oxidation sites excluding steroid dienone is 3. The first-order valence-electron chi connectivity index (χ1n) is 11.0. The lowest BCUT2D eigenvalue weighted by molar-refractivity contribution is -0.0539. The Kier molecular flexibility index (Phi) is 7.89. The molecular weight excluding hydrogens is 362 g/mol. The lowest BCUT2D eigenvalue weighted by Crippen LogP contribution is -2.49. The predicted molar refractivity (Wildman–Crippen MR) is 126 cm³/mol. The van der Waals surface area contributed by atoms with Crippen molar-refractivity contribution in [3.05, 3.63) is 23.8 Å². The van der Waals surface area contributed by atoms with E-state index >= 15 is 0 Å². The molecule has 0 heterocycles. The Morgan fingerprint density at radius 2 is 2.00 bits per heavy atom. The van der Waals surface area contributed by atoms with Crippen LogP contribution in [0.1, 0.15) is 92.4 Å². The first-order valence-corrected chi connectivity index (χ1v) is 11.4. The smallest absolute Gasteiger partial charge is 0.184 e. The van der Waals surface area contributed by atoms with Crippen LogP contribution in [0.4, 0.5) is 0 Å². The molecule has 0 aliphatic heterocycles. The molecule has 2 fully saturated rings. The van der Waals surface area contributed by atoms with E-state index in [9.17, 15) is 0 Å². The zero-order chi connectivity index (χ0) is 20.9. The highest BCUT2D eigenvalue weighted by Gasteiger charge is 2.52. The monoisotopic (exact) mass is 403 g/mol. The highest BCUT2D eigenvalue weighted by atomic mass is 32.1. The van der Waals surface area contributed by atoms with E-state index in [0.29, 0.717) is 16.7 Å². The molecule has 158 valence electrons. The molecule has 0 aromatic rings. The summed E-state index contributed by atoms with van der Waals surface area (Å²) in [6, 6.07) is 0. The molecule has 2 saturated carbocycles. The fraction of sp³-hybridized carbons (Fsp3) is 0.750. The van der Waals surface area contributed by atoms with Crippen molar-refractivity contribution in [1.82, 2.24) is 5.43 Å². The lowest BCUT2D eigenvalue weighted by atomic mass is 9.47. The molecule has 2 rings (SSSR count). The van der Waals surface area contributed by atoms with Gasteiger partial charge in [0.15, 0.2) is 5.11 Å². The molecule has 0 spiro atoms. The second kappa shape index (κ2) is 9.56. The summed E-state index contributed by atoms with van der Waals surface area (Å²) < 4.78 is 0. The molecule has 3 N–H and O–H groups in total. The molecule has 0 saturated heterocycles. The number of hydrogen-bond acceptors (Lipinski definition) is 2. The molecule has 0 aromatic heterocycles. The molecule has 0 aromatic carbocycles. The summed E-state index contributed by atoms with van der Waals surface area (Å²) in [5.74, 6) is 1.51. The minimum atomic E-state index is 0.219.